The third-order valence-corrected chi connectivity index (χ3v) is 4.77. The number of benzene rings is 1. The predicted molar refractivity (Wildman–Crippen MR) is 119 cm³/mol. The van der Waals surface area contributed by atoms with E-state index in [1.54, 1.807) is 37.1 Å². The van der Waals surface area contributed by atoms with Gasteiger partial charge in [-0.15, -0.1) is 0 Å². The Kier molecular flexibility index (Phi) is 7.70. The summed E-state index contributed by atoms with van der Waals surface area (Å²) in [7, 11) is 3.13. The number of carbonyl (C=O) groups is 2. The molecule has 0 fully saturated rings. The maximum atomic E-state index is 13.2. The standard InChI is InChI=1S/C23H33N3O5/c1-14(2)11-15(12-20(27)28)24-22(29)17-13-16(25-26(17)23(3,4)5)21-18(30-6)9-8-10-19(21)31-7/h8-10,13-15H,11-12H2,1-7H3,(H,24,29)(H,27,28). The van der Waals surface area contributed by atoms with Gasteiger partial charge in [-0.05, 0) is 51.3 Å². The van der Waals surface area contributed by atoms with E-state index in [0.29, 0.717) is 34.9 Å². The molecule has 8 nitrogen and oxygen atoms in total. The van der Waals surface area contributed by atoms with Gasteiger partial charge in [0, 0.05) is 6.04 Å². The zero-order valence-electron chi connectivity index (χ0n) is 19.4. The fourth-order valence-corrected chi connectivity index (χ4v) is 3.51. The third-order valence-electron chi connectivity index (χ3n) is 4.77. The van der Waals surface area contributed by atoms with E-state index in [1.165, 1.54) is 0 Å². The van der Waals surface area contributed by atoms with Gasteiger partial charge >= 0.3 is 5.97 Å². The highest BCUT2D eigenvalue weighted by Gasteiger charge is 2.28. The lowest BCUT2D eigenvalue weighted by atomic mass is 10.0. The number of carbonyl (C=O) groups excluding carboxylic acids is 1. The first-order valence-electron chi connectivity index (χ1n) is 10.3. The molecule has 1 atom stereocenters. The molecular weight excluding hydrogens is 398 g/mol. The van der Waals surface area contributed by atoms with Crippen LogP contribution in [-0.4, -0.2) is 47.0 Å². The van der Waals surface area contributed by atoms with Gasteiger partial charge in [-0.2, -0.15) is 5.10 Å². The van der Waals surface area contributed by atoms with Crippen molar-refractivity contribution < 1.29 is 24.2 Å². The SMILES string of the molecule is COc1cccc(OC)c1-c1cc(C(=O)NC(CC(=O)O)CC(C)C)n(C(C)(C)C)n1. The van der Waals surface area contributed by atoms with Gasteiger partial charge in [0.15, 0.2) is 0 Å². The summed E-state index contributed by atoms with van der Waals surface area (Å²) < 4.78 is 12.6. The average Bonchev–Trinajstić information content (AvgIpc) is 3.11. The summed E-state index contributed by atoms with van der Waals surface area (Å²) in [6, 6.07) is 6.64. The molecule has 1 unspecified atom stereocenters. The molecule has 2 aromatic rings. The predicted octanol–water partition coefficient (Wildman–Crippen LogP) is 3.94. The van der Waals surface area contributed by atoms with Crippen molar-refractivity contribution in [2.24, 2.45) is 5.92 Å². The second-order valence-electron chi connectivity index (χ2n) is 8.93. The van der Waals surface area contributed by atoms with Gasteiger partial charge in [0.1, 0.15) is 22.9 Å². The lowest BCUT2D eigenvalue weighted by Gasteiger charge is -2.24. The molecule has 1 aromatic carbocycles. The Hall–Kier alpha value is -3.03. The van der Waals surface area contributed by atoms with Crippen LogP contribution in [-0.2, 0) is 10.3 Å². The first-order valence-corrected chi connectivity index (χ1v) is 10.3. The molecule has 0 saturated heterocycles. The van der Waals surface area contributed by atoms with E-state index in [1.807, 2.05) is 40.7 Å². The highest BCUT2D eigenvalue weighted by atomic mass is 16.5. The Morgan fingerprint density at radius 1 is 1.16 bits per heavy atom. The van der Waals surface area contributed by atoms with Crippen molar-refractivity contribution in [1.29, 1.82) is 0 Å². The van der Waals surface area contributed by atoms with Crippen LogP contribution in [0.4, 0.5) is 0 Å². The molecule has 1 heterocycles. The molecule has 2 rings (SSSR count). The Bertz CT molecular complexity index is 906. The van der Waals surface area contributed by atoms with E-state index >= 15 is 0 Å². The minimum atomic E-state index is -0.949. The van der Waals surface area contributed by atoms with Crippen LogP contribution in [0.15, 0.2) is 24.3 Å². The molecule has 2 N–H and O–H groups in total. The molecule has 0 bridgehead atoms. The fourth-order valence-electron chi connectivity index (χ4n) is 3.51. The molecule has 0 spiro atoms. The number of hydrogen-bond acceptors (Lipinski definition) is 5. The maximum Gasteiger partial charge on any atom is 0.305 e. The topological polar surface area (TPSA) is 103 Å². The molecule has 170 valence electrons. The van der Waals surface area contributed by atoms with Crippen LogP contribution >= 0.6 is 0 Å². The van der Waals surface area contributed by atoms with Gasteiger partial charge < -0.3 is 19.9 Å². The van der Waals surface area contributed by atoms with Crippen molar-refractivity contribution in [3.05, 3.63) is 30.0 Å². The van der Waals surface area contributed by atoms with Crippen molar-refractivity contribution >= 4 is 11.9 Å². The second-order valence-corrected chi connectivity index (χ2v) is 8.93. The number of amides is 1. The number of carboxylic acids is 1. The summed E-state index contributed by atoms with van der Waals surface area (Å²) in [4.78, 5) is 24.5. The van der Waals surface area contributed by atoms with Crippen LogP contribution in [0, 0.1) is 5.92 Å². The van der Waals surface area contributed by atoms with Gasteiger partial charge in [-0.1, -0.05) is 19.9 Å². The van der Waals surface area contributed by atoms with E-state index in [-0.39, 0.29) is 18.2 Å². The molecule has 0 aliphatic heterocycles. The van der Waals surface area contributed by atoms with Crippen LogP contribution in [0.5, 0.6) is 11.5 Å². The summed E-state index contributed by atoms with van der Waals surface area (Å²) in [5.74, 6) is 0.0802. The molecular formula is C23H33N3O5. The summed E-state index contributed by atoms with van der Waals surface area (Å²) in [5.41, 5.74) is 1.04. The molecule has 0 radical (unpaired) electrons. The van der Waals surface area contributed by atoms with Crippen molar-refractivity contribution in [3.8, 4) is 22.8 Å². The van der Waals surface area contributed by atoms with Gasteiger partial charge in [-0.3, -0.25) is 14.3 Å². The van der Waals surface area contributed by atoms with E-state index in [9.17, 15) is 14.7 Å². The number of nitrogens with zero attached hydrogens (tertiary/aromatic N) is 2. The third kappa shape index (κ3) is 5.99. The molecule has 8 heteroatoms. The molecule has 0 aliphatic rings. The zero-order valence-corrected chi connectivity index (χ0v) is 19.4. The van der Waals surface area contributed by atoms with Gasteiger partial charge in [0.05, 0.1) is 31.7 Å². The largest absolute Gasteiger partial charge is 0.496 e. The summed E-state index contributed by atoms with van der Waals surface area (Å²) >= 11 is 0. The van der Waals surface area contributed by atoms with E-state index in [0.717, 1.165) is 0 Å². The minimum Gasteiger partial charge on any atom is -0.496 e. The monoisotopic (exact) mass is 431 g/mol. The van der Waals surface area contributed by atoms with E-state index in [2.05, 4.69) is 5.32 Å². The quantitative estimate of drug-likeness (QED) is 0.623. The van der Waals surface area contributed by atoms with Crippen molar-refractivity contribution in [2.45, 2.75) is 59.0 Å². The van der Waals surface area contributed by atoms with Gasteiger partial charge in [-0.25, -0.2) is 0 Å². The average molecular weight is 432 g/mol. The maximum absolute atomic E-state index is 13.2. The number of rotatable bonds is 9. The lowest BCUT2D eigenvalue weighted by Crippen LogP contribution is -2.40. The Morgan fingerprint density at radius 3 is 2.19 bits per heavy atom. The lowest BCUT2D eigenvalue weighted by molar-refractivity contribution is -0.137. The Balaban J connectivity index is 2.53. The number of aromatic nitrogens is 2. The summed E-state index contributed by atoms with van der Waals surface area (Å²) in [6.07, 6.45) is 0.426. The van der Waals surface area contributed by atoms with Gasteiger partial charge in [0.25, 0.3) is 5.91 Å². The fraction of sp³-hybridized carbons (Fsp3) is 0.522. The number of methoxy groups -OCH3 is 2. The molecule has 1 aromatic heterocycles. The van der Waals surface area contributed by atoms with E-state index < -0.39 is 17.6 Å². The molecule has 0 aliphatic carbocycles. The number of hydrogen-bond donors (Lipinski definition) is 2. The number of ether oxygens (including phenoxy) is 2. The normalized spacial score (nSPS) is 12.5. The van der Waals surface area contributed by atoms with Crippen LogP contribution in [0.25, 0.3) is 11.3 Å². The van der Waals surface area contributed by atoms with Crippen molar-refractivity contribution in [1.82, 2.24) is 15.1 Å². The first kappa shape index (κ1) is 24.2. The van der Waals surface area contributed by atoms with Gasteiger partial charge in [0.2, 0.25) is 0 Å². The van der Waals surface area contributed by atoms with Crippen molar-refractivity contribution in [2.75, 3.05) is 14.2 Å². The van der Waals surface area contributed by atoms with Crippen LogP contribution in [0.2, 0.25) is 0 Å². The molecule has 0 saturated carbocycles. The highest BCUT2D eigenvalue weighted by Crippen LogP contribution is 2.38. The number of carboxylic acid groups (broad SMARTS) is 1. The smallest absolute Gasteiger partial charge is 0.305 e. The molecule has 31 heavy (non-hydrogen) atoms. The van der Waals surface area contributed by atoms with Crippen LogP contribution in [0.1, 0.15) is 57.9 Å². The molecule has 1 amide bonds. The second kappa shape index (κ2) is 9.85. The van der Waals surface area contributed by atoms with Crippen LogP contribution in [0.3, 0.4) is 0 Å². The number of aliphatic carboxylic acids is 1. The number of nitrogens with one attached hydrogen (secondary N) is 1. The highest BCUT2D eigenvalue weighted by molar-refractivity contribution is 5.94. The first-order chi connectivity index (χ1) is 14.5. The minimum absolute atomic E-state index is 0.138. The van der Waals surface area contributed by atoms with Crippen molar-refractivity contribution in [3.63, 3.8) is 0 Å². The summed E-state index contributed by atoms with van der Waals surface area (Å²) in [5, 5.41) is 16.8. The Morgan fingerprint density at radius 2 is 1.74 bits per heavy atom. The van der Waals surface area contributed by atoms with Crippen LogP contribution < -0.4 is 14.8 Å². The van der Waals surface area contributed by atoms with E-state index in [4.69, 9.17) is 14.6 Å². The zero-order chi connectivity index (χ0) is 23.3. The summed E-state index contributed by atoms with van der Waals surface area (Å²) in [6.45, 7) is 9.83. The Labute approximate surface area is 183 Å².